The van der Waals surface area contributed by atoms with E-state index in [0.717, 1.165) is 32.1 Å². The smallest absolute Gasteiger partial charge is 0.353 e. The summed E-state index contributed by atoms with van der Waals surface area (Å²) < 4.78 is 63.2. The first-order valence-corrected chi connectivity index (χ1v) is 7.02. The molecule has 0 aromatic rings. The van der Waals surface area contributed by atoms with Crippen molar-refractivity contribution in [1.29, 1.82) is 0 Å². The summed E-state index contributed by atoms with van der Waals surface area (Å²) in [5.41, 5.74) is -2.91. The van der Waals surface area contributed by atoms with Crippen LogP contribution >= 0.6 is 0 Å². The fourth-order valence-corrected chi connectivity index (χ4v) is 2.59. The zero-order valence-corrected chi connectivity index (χ0v) is 10.1. The molecular formula is C9H16F3NO3S. The van der Waals surface area contributed by atoms with E-state index in [4.69, 9.17) is 0 Å². The summed E-state index contributed by atoms with van der Waals surface area (Å²) in [5, 5.41) is 4.51. The van der Waals surface area contributed by atoms with Crippen LogP contribution in [0.2, 0.25) is 0 Å². The van der Waals surface area contributed by atoms with Crippen molar-refractivity contribution >= 4 is 10.0 Å². The molecule has 0 aliphatic heterocycles. The van der Waals surface area contributed by atoms with Gasteiger partial charge >= 0.3 is 6.18 Å². The van der Waals surface area contributed by atoms with E-state index < -0.39 is 21.6 Å². The van der Waals surface area contributed by atoms with Crippen molar-refractivity contribution in [2.75, 3.05) is 6.61 Å². The number of primary sulfonamides is 1. The second kappa shape index (κ2) is 5.53. The van der Waals surface area contributed by atoms with Gasteiger partial charge in [-0.05, 0) is 18.8 Å². The predicted octanol–water partition coefficient (Wildman–Crippen LogP) is 1.76. The summed E-state index contributed by atoms with van der Waals surface area (Å²) >= 11 is 0. The van der Waals surface area contributed by atoms with Crippen LogP contribution in [0.4, 0.5) is 13.2 Å². The van der Waals surface area contributed by atoms with E-state index in [0.29, 0.717) is 0 Å². The lowest BCUT2D eigenvalue weighted by Crippen LogP contribution is -2.43. The number of alkyl halides is 3. The van der Waals surface area contributed by atoms with Gasteiger partial charge in [-0.1, -0.05) is 19.3 Å². The Bertz CT molecular complexity index is 336. The molecule has 0 aromatic heterocycles. The van der Waals surface area contributed by atoms with Crippen LogP contribution in [0, 0.1) is 5.92 Å². The molecule has 1 fully saturated rings. The Morgan fingerprint density at radius 2 is 1.76 bits per heavy atom. The molecule has 1 saturated carbocycles. The third-order valence-electron chi connectivity index (χ3n) is 2.77. The Hall–Kier alpha value is -0.340. The van der Waals surface area contributed by atoms with Gasteiger partial charge in [0.25, 0.3) is 5.44 Å². The Labute approximate surface area is 98.4 Å². The fourth-order valence-electron chi connectivity index (χ4n) is 1.95. The molecule has 0 bridgehead atoms. The minimum absolute atomic E-state index is 0.00431. The number of halogens is 3. The van der Waals surface area contributed by atoms with Crippen molar-refractivity contribution in [1.82, 2.24) is 0 Å². The molecule has 1 rings (SSSR count). The standard InChI is InChI=1S/C9H16F3NO3S/c10-9(11,12)8(17(13,14)15)16-6-7-4-2-1-3-5-7/h7-8H,1-6H2,(H2,13,14,15). The predicted molar refractivity (Wildman–Crippen MR) is 55.5 cm³/mol. The molecule has 0 heterocycles. The Kier molecular flexibility index (Phi) is 4.79. The number of nitrogens with two attached hydrogens (primary N) is 1. The van der Waals surface area contributed by atoms with Gasteiger partial charge in [-0.2, -0.15) is 13.2 Å². The van der Waals surface area contributed by atoms with Gasteiger partial charge in [0.1, 0.15) is 0 Å². The molecule has 0 saturated heterocycles. The van der Waals surface area contributed by atoms with Crippen molar-refractivity contribution in [3.63, 3.8) is 0 Å². The van der Waals surface area contributed by atoms with Crippen LogP contribution in [0.15, 0.2) is 0 Å². The molecule has 0 aromatic carbocycles. The summed E-state index contributed by atoms with van der Waals surface area (Å²) in [5.74, 6) is -0.00431. The van der Waals surface area contributed by atoms with E-state index in [1.807, 2.05) is 0 Å². The van der Waals surface area contributed by atoms with E-state index in [9.17, 15) is 21.6 Å². The normalized spacial score (nSPS) is 21.4. The molecule has 4 nitrogen and oxygen atoms in total. The van der Waals surface area contributed by atoms with Crippen molar-refractivity contribution in [2.24, 2.45) is 11.1 Å². The first kappa shape index (κ1) is 14.7. The van der Waals surface area contributed by atoms with Crippen LogP contribution in [0.1, 0.15) is 32.1 Å². The van der Waals surface area contributed by atoms with Crippen LogP contribution in [-0.2, 0) is 14.8 Å². The van der Waals surface area contributed by atoms with Crippen molar-refractivity contribution < 1.29 is 26.3 Å². The average molecular weight is 275 g/mol. The van der Waals surface area contributed by atoms with Crippen LogP contribution in [0.25, 0.3) is 0 Å². The van der Waals surface area contributed by atoms with Crippen LogP contribution in [0.3, 0.4) is 0 Å². The van der Waals surface area contributed by atoms with Gasteiger partial charge in [-0.25, -0.2) is 13.6 Å². The number of rotatable bonds is 4. The zero-order valence-electron chi connectivity index (χ0n) is 9.24. The van der Waals surface area contributed by atoms with E-state index in [-0.39, 0.29) is 12.5 Å². The molecule has 1 atom stereocenters. The summed E-state index contributed by atoms with van der Waals surface area (Å²) in [6.45, 7) is -0.208. The van der Waals surface area contributed by atoms with E-state index in [2.05, 4.69) is 9.88 Å². The molecule has 0 amide bonds. The van der Waals surface area contributed by atoms with Gasteiger partial charge in [-0.3, -0.25) is 0 Å². The lowest BCUT2D eigenvalue weighted by atomic mass is 9.90. The maximum atomic E-state index is 12.4. The van der Waals surface area contributed by atoms with Crippen molar-refractivity contribution in [2.45, 2.75) is 43.7 Å². The minimum Gasteiger partial charge on any atom is -0.353 e. The summed E-state index contributed by atoms with van der Waals surface area (Å²) in [4.78, 5) is 0. The van der Waals surface area contributed by atoms with E-state index >= 15 is 0 Å². The topological polar surface area (TPSA) is 69.4 Å². The molecule has 1 aliphatic carbocycles. The maximum Gasteiger partial charge on any atom is 0.430 e. The minimum atomic E-state index is -4.98. The number of ether oxygens (including phenoxy) is 1. The van der Waals surface area contributed by atoms with Gasteiger partial charge in [0.05, 0.1) is 6.61 Å². The molecule has 0 spiro atoms. The highest BCUT2D eigenvalue weighted by molar-refractivity contribution is 7.89. The summed E-state index contributed by atoms with van der Waals surface area (Å²) in [6.07, 6.45) is -0.485. The Morgan fingerprint density at radius 3 is 2.18 bits per heavy atom. The molecule has 17 heavy (non-hydrogen) atoms. The van der Waals surface area contributed by atoms with Gasteiger partial charge in [0, 0.05) is 0 Å². The second-order valence-electron chi connectivity index (χ2n) is 4.30. The van der Waals surface area contributed by atoms with E-state index in [1.54, 1.807) is 0 Å². The lowest BCUT2D eigenvalue weighted by molar-refractivity contribution is -0.194. The van der Waals surface area contributed by atoms with Gasteiger partial charge < -0.3 is 4.74 Å². The number of hydrogen-bond donors (Lipinski definition) is 1. The highest BCUT2D eigenvalue weighted by Crippen LogP contribution is 2.29. The zero-order chi connectivity index (χ0) is 13.1. The SMILES string of the molecule is NS(=O)(=O)C(OCC1CCCCC1)C(F)(F)F. The van der Waals surface area contributed by atoms with Gasteiger partial charge in [0.2, 0.25) is 10.0 Å². The highest BCUT2D eigenvalue weighted by Gasteiger charge is 2.48. The molecule has 0 radical (unpaired) electrons. The highest BCUT2D eigenvalue weighted by atomic mass is 32.2. The summed E-state index contributed by atoms with van der Waals surface area (Å²) in [7, 11) is -4.77. The maximum absolute atomic E-state index is 12.4. The average Bonchev–Trinajstić information content (AvgIpc) is 2.15. The number of sulfonamides is 1. The second-order valence-corrected chi connectivity index (χ2v) is 5.91. The van der Waals surface area contributed by atoms with E-state index in [1.165, 1.54) is 0 Å². The molecule has 1 unspecified atom stereocenters. The van der Waals surface area contributed by atoms with Crippen LogP contribution in [-0.4, -0.2) is 26.6 Å². The van der Waals surface area contributed by atoms with Crippen molar-refractivity contribution in [3.8, 4) is 0 Å². The fraction of sp³-hybridized carbons (Fsp3) is 1.00. The molecule has 1 aliphatic rings. The molecule has 2 N–H and O–H groups in total. The lowest BCUT2D eigenvalue weighted by Gasteiger charge is -2.24. The Morgan fingerprint density at radius 1 is 1.24 bits per heavy atom. The Balaban J connectivity index is 2.56. The molecular weight excluding hydrogens is 259 g/mol. The quantitative estimate of drug-likeness (QED) is 0.850. The number of hydrogen-bond acceptors (Lipinski definition) is 3. The monoisotopic (exact) mass is 275 g/mol. The molecule has 8 heteroatoms. The third kappa shape index (κ3) is 4.81. The van der Waals surface area contributed by atoms with Crippen molar-refractivity contribution in [3.05, 3.63) is 0 Å². The van der Waals surface area contributed by atoms with Gasteiger partial charge in [0.15, 0.2) is 0 Å². The summed E-state index contributed by atoms with van der Waals surface area (Å²) in [6, 6.07) is 0. The first-order valence-electron chi connectivity index (χ1n) is 5.41. The first-order chi connectivity index (χ1) is 7.71. The van der Waals surface area contributed by atoms with Crippen LogP contribution in [0.5, 0.6) is 0 Å². The third-order valence-corrected chi connectivity index (χ3v) is 3.77. The largest absolute Gasteiger partial charge is 0.430 e. The van der Waals surface area contributed by atoms with Crippen LogP contribution < -0.4 is 5.14 Å². The van der Waals surface area contributed by atoms with Gasteiger partial charge in [-0.15, -0.1) is 0 Å². The molecule has 102 valence electrons.